The molecule has 0 bridgehead atoms. The lowest BCUT2D eigenvalue weighted by molar-refractivity contribution is 0.254. The lowest BCUT2D eigenvalue weighted by Crippen LogP contribution is -2.30. The summed E-state index contributed by atoms with van der Waals surface area (Å²) < 4.78 is 0. The molecule has 0 amide bonds. The Morgan fingerprint density at radius 3 is 2.07 bits per heavy atom. The van der Waals surface area contributed by atoms with Crippen molar-refractivity contribution in [3.8, 4) is 0 Å². The van der Waals surface area contributed by atoms with E-state index in [0.29, 0.717) is 0 Å². The van der Waals surface area contributed by atoms with Gasteiger partial charge in [0, 0.05) is 0 Å². The fourth-order valence-corrected chi connectivity index (χ4v) is 1.58. The van der Waals surface area contributed by atoms with E-state index in [1.54, 1.807) is 0 Å². The summed E-state index contributed by atoms with van der Waals surface area (Å²) in [5.74, 6) is 0. The largest absolute Gasteiger partial charge is 0.330 e. The number of hydrogen-bond donors (Lipinski definition) is 1. The van der Waals surface area contributed by atoms with E-state index in [0.717, 1.165) is 19.5 Å². The standard InChI is InChI=1S/C11H27N3/c1-4-8-14(10-5-7-12)11-6-9-13(2)3/h4-12H2,1-3H3. The fourth-order valence-electron chi connectivity index (χ4n) is 1.58. The van der Waals surface area contributed by atoms with Gasteiger partial charge in [-0.15, -0.1) is 0 Å². The molecule has 0 heterocycles. The predicted octanol–water partition coefficient (Wildman–Crippen LogP) is 0.999. The van der Waals surface area contributed by atoms with Crippen LogP contribution in [0.4, 0.5) is 0 Å². The third kappa shape index (κ3) is 8.48. The van der Waals surface area contributed by atoms with Crippen LogP contribution in [0.15, 0.2) is 0 Å². The van der Waals surface area contributed by atoms with E-state index < -0.39 is 0 Å². The molecule has 0 spiro atoms. The normalized spacial score (nSPS) is 11.6. The minimum absolute atomic E-state index is 0.813. The highest BCUT2D eigenvalue weighted by Gasteiger charge is 2.02. The van der Waals surface area contributed by atoms with Crippen LogP contribution in [-0.2, 0) is 0 Å². The molecule has 0 unspecified atom stereocenters. The molecule has 0 atom stereocenters. The van der Waals surface area contributed by atoms with Gasteiger partial charge in [0.15, 0.2) is 0 Å². The quantitative estimate of drug-likeness (QED) is 0.604. The Labute approximate surface area is 89.2 Å². The number of nitrogens with zero attached hydrogens (tertiary/aromatic N) is 2. The van der Waals surface area contributed by atoms with Gasteiger partial charge in [-0.05, 0) is 66.1 Å². The average molecular weight is 201 g/mol. The summed E-state index contributed by atoms with van der Waals surface area (Å²) in [4.78, 5) is 4.77. The van der Waals surface area contributed by atoms with Crippen LogP contribution < -0.4 is 5.73 Å². The molecule has 86 valence electrons. The molecule has 0 saturated carbocycles. The maximum absolute atomic E-state index is 5.51. The van der Waals surface area contributed by atoms with Crippen molar-refractivity contribution in [3.05, 3.63) is 0 Å². The Kier molecular flexibility index (Phi) is 9.35. The molecule has 14 heavy (non-hydrogen) atoms. The van der Waals surface area contributed by atoms with E-state index in [2.05, 4.69) is 30.8 Å². The van der Waals surface area contributed by atoms with Crippen LogP contribution in [0.5, 0.6) is 0 Å². The molecule has 0 aromatic heterocycles. The molecular formula is C11H27N3. The van der Waals surface area contributed by atoms with Crippen LogP contribution in [0.1, 0.15) is 26.2 Å². The van der Waals surface area contributed by atoms with Crippen LogP contribution in [0.25, 0.3) is 0 Å². The summed E-state index contributed by atoms with van der Waals surface area (Å²) in [5, 5.41) is 0. The maximum Gasteiger partial charge on any atom is -0.000654 e. The van der Waals surface area contributed by atoms with Crippen LogP contribution >= 0.6 is 0 Å². The summed E-state index contributed by atoms with van der Waals surface area (Å²) in [6.45, 7) is 7.83. The van der Waals surface area contributed by atoms with Crippen molar-refractivity contribution in [2.75, 3.05) is 46.8 Å². The first-order valence-electron chi connectivity index (χ1n) is 5.77. The zero-order chi connectivity index (χ0) is 10.8. The lowest BCUT2D eigenvalue weighted by Gasteiger charge is -2.22. The second-order valence-corrected chi connectivity index (χ2v) is 4.14. The van der Waals surface area contributed by atoms with Gasteiger partial charge in [-0.3, -0.25) is 0 Å². The van der Waals surface area contributed by atoms with Crippen molar-refractivity contribution >= 4 is 0 Å². The smallest absolute Gasteiger partial charge is 0.000654 e. The van der Waals surface area contributed by atoms with Crippen LogP contribution in [0.2, 0.25) is 0 Å². The first-order valence-corrected chi connectivity index (χ1v) is 5.77. The van der Waals surface area contributed by atoms with Gasteiger partial charge in [0.2, 0.25) is 0 Å². The summed E-state index contributed by atoms with van der Waals surface area (Å²) >= 11 is 0. The Morgan fingerprint density at radius 2 is 1.57 bits per heavy atom. The third-order valence-electron chi connectivity index (χ3n) is 2.30. The average Bonchev–Trinajstić information content (AvgIpc) is 2.13. The Morgan fingerprint density at radius 1 is 0.929 bits per heavy atom. The second kappa shape index (κ2) is 9.44. The van der Waals surface area contributed by atoms with E-state index >= 15 is 0 Å². The Bertz CT molecular complexity index is 115. The third-order valence-corrected chi connectivity index (χ3v) is 2.30. The van der Waals surface area contributed by atoms with Crippen LogP contribution in [0.3, 0.4) is 0 Å². The minimum atomic E-state index is 0.813. The van der Waals surface area contributed by atoms with Crippen molar-refractivity contribution in [1.82, 2.24) is 9.80 Å². The van der Waals surface area contributed by atoms with Crippen molar-refractivity contribution in [3.63, 3.8) is 0 Å². The van der Waals surface area contributed by atoms with E-state index in [9.17, 15) is 0 Å². The zero-order valence-electron chi connectivity index (χ0n) is 10.1. The van der Waals surface area contributed by atoms with E-state index in [-0.39, 0.29) is 0 Å². The number of hydrogen-bond acceptors (Lipinski definition) is 3. The summed E-state index contributed by atoms with van der Waals surface area (Å²) in [7, 11) is 4.26. The molecular weight excluding hydrogens is 174 g/mol. The SMILES string of the molecule is CCCN(CCCN)CCCN(C)C. The summed E-state index contributed by atoms with van der Waals surface area (Å²) in [5.41, 5.74) is 5.51. The summed E-state index contributed by atoms with van der Waals surface area (Å²) in [6.07, 6.45) is 3.63. The van der Waals surface area contributed by atoms with Gasteiger partial charge in [-0.25, -0.2) is 0 Å². The molecule has 0 rings (SSSR count). The van der Waals surface area contributed by atoms with Crippen molar-refractivity contribution in [2.24, 2.45) is 5.73 Å². The van der Waals surface area contributed by atoms with Gasteiger partial charge >= 0.3 is 0 Å². The first-order chi connectivity index (χ1) is 6.70. The molecule has 0 aliphatic rings. The molecule has 0 aromatic carbocycles. The topological polar surface area (TPSA) is 32.5 Å². The van der Waals surface area contributed by atoms with Gasteiger partial charge < -0.3 is 15.5 Å². The first kappa shape index (κ1) is 13.9. The van der Waals surface area contributed by atoms with Gasteiger partial charge in [-0.1, -0.05) is 6.92 Å². The summed E-state index contributed by atoms with van der Waals surface area (Å²) in [6, 6.07) is 0. The van der Waals surface area contributed by atoms with Gasteiger partial charge in [-0.2, -0.15) is 0 Å². The number of rotatable bonds is 9. The van der Waals surface area contributed by atoms with Crippen molar-refractivity contribution in [2.45, 2.75) is 26.2 Å². The molecule has 0 saturated heterocycles. The highest BCUT2D eigenvalue weighted by Crippen LogP contribution is 1.96. The van der Waals surface area contributed by atoms with Crippen molar-refractivity contribution in [1.29, 1.82) is 0 Å². The van der Waals surface area contributed by atoms with Crippen LogP contribution in [0, 0.1) is 0 Å². The molecule has 0 aromatic rings. The van der Waals surface area contributed by atoms with E-state index in [4.69, 9.17) is 5.73 Å². The fraction of sp³-hybridized carbons (Fsp3) is 1.00. The molecule has 3 nitrogen and oxygen atoms in total. The van der Waals surface area contributed by atoms with Crippen molar-refractivity contribution < 1.29 is 0 Å². The van der Waals surface area contributed by atoms with Gasteiger partial charge in [0.25, 0.3) is 0 Å². The molecule has 0 aliphatic heterocycles. The van der Waals surface area contributed by atoms with Gasteiger partial charge in [0.1, 0.15) is 0 Å². The molecule has 0 aliphatic carbocycles. The Hall–Kier alpha value is -0.120. The van der Waals surface area contributed by atoms with Crippen LogP contribution in [-0.4, -0.2) is 56.6 Å². The minimum Gasteiger partial charge on any atom is -0.330 e. The Balaban J connectivity index is 3.50. The molecule has 2 N–H and O–H groups in total. The van der Waals surface area contributed by atoms with Gasteiger partial charge in [0.05, 0.1) is 0 Å². The zero-order valence-corrected chi connectivity index (χ0v) is 10.1. The molecule has 0 radical (unpaired) electrons. The second-order valence-electron chi connectivity index (χ2n) is 4.14. The van der Waals surface area contributed by atoms with E-state index in [1.807, 2.05) is 0 Å². The monoisotopic (exact) mass is 201 g/mol. The highest BCUT2D eigenvalue weighted by molar-refractivity contribution is 4.58. The molecule has 3 heteroatoms. The lowest BCUT2D eigenvalue weighted by atomic mass is 10.3. The van der Waals surface area contributed by atoms with E-state index in [1.165, 1.54) is 32.5 Å². The predicted molar refractivity (Wildman–Crippen MR) is 63.6 cm³/mol. The number of nitrogens with two attached hydrogens (primary N) is 1. The molecule has 0 fully saturated rings. The highest BCUT2D eigenvalue weighted by atomic mass is 15.1. The maximum atomic E-state index is 5.51.